The molecule has 0 atom stereocenters. The van der Waals surface area contributed by atoms with Crippen LogP contribution in [0.3, 0.4) is 0 Å². The molecule has 4 aromatic rings. The van der Waals surface area contributed by atoms with Crippen molar-refractivity contribution in [2.24, 2.45) is 0 Å². The number of hydrogen-bond acceptors (Lipinski definition) is 6. The van der Waals surface area contributed by atoms with Gasteiger partial charge in [0.15, 0.2) is 5.60 Å². The second kappa shape index (κ2) is 12.2. The Hall–Kier alpha value is -4.45. The molecule has 0 spiro atoms. The molecule has 4 aromatic carbocycles. The van der Waals surface area contributed by atoms with Crippen LogP contribution < -0.4 is 19.4 Å². The summed E-state index contributed by atoms with van der Waals surface area (Å²) in [5.41, 5.74) is 6.04. The summed E-state index contributed by atoms with van der Waals surface area (Å²) in [6.45, 7) is 4.40. The van der Waals surface area contributed by atoms with Crippen molar-refractivity contribution < 1.29 is 14.3 Å². The van der Waals surface area contributed by atoms with Gasteiger partial charge in [-0.1, -0.05) is 30.3 Å². The minimum absolute atomic E-state index is 0.373. The molecule has 3 aliphatic heterocycles. The number of rotatable bonds is 6. The van der Waals surface area contributed by atoms with E-state index in [2.05, 4.69) is 93.6 Å². The fraction of sp³-hybridized carbons (Fsp3) is 0.359. The Labute approximate surface area is 266 Å². The highest BCUT2D eigenvalue weighted by Gasteiger charge is 2.39. The standard InChI is InChI=1S/C39H43N3O3/c1-40(2)33-15-10-28-26-36(38(43)44-3)34-20-21-39(45-37(34)35(28)27-33,29-11-16-31(17-12-29)41-22-6-4-7-23-41)30-13-18-32(19-14-30)42-24-8-5-9-25-42/h10-21,26-27H,4-9,22-25H2,1-3H3. The third-order valence-corrected chi connectivity index (χ3v) is 9.82. The maximum Gasteiger partial charge on any atom is 0.338 e. The molecule has 0 bridgehead atoms. The molecule has 45 heavy (non-hydrogen) atoms. The lowest BCUT2D eigenvalue weighted by atomic mass is 9.82. The van der Waals surface area contributed by atoms with E-state index in [1.807, 2.05) is 20.2 Å². The van der Waals surface area contributed by atoms with Gasteiger partial charge in [0.1, 0.15) is 5.75 Å². The lowest BCUT2D eigenvalue weighted by Crippen LogP contribution is -2.35. The van der Waals surface area contributed by atoms with Crippen molar-refractivity contribution in [3.05, 3.63) is 101 Å². The maximum atomic E-state index is 13.1. The number of fused-ring (bicyclic) bond motifs is 3. The number of methoxy groups -OCH3 is 1. The van der Waals surface area contributed by atoms with E-state index in [0.29, 0.717) is 11.3 Å². The van der Waals surface area contributed by atoms with E-state index in [1.54, 1.807) is 0 Å². The Morgan fingerprint density at radius 1 is 0.756 bits per heavy atom. The van der Waals surface area contributed by atoms with Crippen molar-refractivity contribution in [2.75, 3.05) is 62.1 Å². The number of esters is 1. The molecule has 3 heterocycles. The van der Waals surface area contributed by atoms with Crippen LogP contribution in [-0.4, -0.2) is 53.4 Å². The summed E-state index contributed by atoms with van der Waals surface area (Å²) in [5, 5.41) is 1.90. The number of benzene rings is 4. The Morgan fingerprint density at radius 2 is 1.31 bits per heavy atom. The Kier molecular flexibility index (Phi) is 7.90. The van der Waals surface area contributed by atoms with E-state index in [0.717, 1.165) is 59.3 Å². The van der Waals surface area contributed by atoms with Crippen LogP contribution in [-0.2, 0) is 10.3 Å². The first kappa shape index (κ1) is 29.3. The predicted octanol–water partition coefficient (Wildman–Crippen LogP) is 8.02. The van der Waals surface area contributed by atoms with Crippen molar-refractivity contribution in [3.8, 4) is 5.75 Å². The van der Waals surface area contributed by atoms with E-state index in [9.17, 15) is 4.79 Å². The van der Waals surface area contributed by atoms with Gasteiger partial charge in [-0.3, -0.25) is 0 Å². The van der Waals surface area contributed by atoms with Crippen LogP contribution >= 0.6 is 0 Å². The number of carbonyl (C=O) groups is 1. The lowest BCUT2D eigenvalue weighted by molar-refractivity contribution is 0.0599. The van der Waals surface area contributed by atoms with Gasteiger partial charge in [-0.2, -0.15) is 0 Å². The minimum Gasteiger partial charge on any atom is -0.472 e. The summed E-state index contributed by atoms with van der Waals surface area (Å²) in [4.78, 5) is 20.1. The Balaban J connectivity index is 1.38. The average Bonchev–Trinajstić information content (AvgIpc) is 3.11. The van der Waals surface area contributed by atoms with Crippen molar-refractivity contribution in [2.45, 2.75) is 44.1 Å². The van der Waals surface area contributed by atoms with Gasteiger partial charge in [0.25, 0.3) is 0 Å². The molecule has 0 unspecified atom stereocenters. The molecule has 2 saturated heterocycles. The Morgan fingerprint density at radius 3 is 1.82 bits per heavy atom. The van der Waals surface area contributed by atoms with Crippen LogP contribution in [0.1, 0.15) is 65.6 Å². The smallest absolute Gasteiger partial charge is 0.338 e. The SMILES string of the molecule is COC(=O)c1cc2ccc(N(C)C)cc2c2c1C=CC(c1ccc(N3CCCCC3)cc1)(c1ccc(N3CCCCC3)cc1)O2. The molecule has 0 aromatic heterocycles. The lowest BCUT2D eigenvalue weighted by Gasteiger charge is -2.38. The predicted molar refractivity (Wildman–Crippen MR) is 185 cm³/mol. The largest absolute Gasteiger partial charge is 0.472 e. The number of nitrogens with zero attached hydrogens (tertiary/aromatic N) is 3. The van der Waals surface area contributed by atoms with Crippen LogP contribution in [0.5, 0.6) is 5.75 Å². The molecule has 232 valence electrons. The summed E-state index contributed by atoms with van der Waals surface area (Å²) in [5.74, 6) is 0.321. The molecule has 6 nitrogen and oxygen atoms in total. The molecule has 0 amide bonds. The van der Waals surface area contributed by atoms with Crippen LogP contribution in [0, 0.1) is 0 Å². The Bertz CT molecular complexity index is 1650. The maximum absolute atomic E-state index is 13.1. The molecule has 0 saturated carbocycles. The second-order valence-electron chi connectivity index (χ2n) is 12.8. The van der Waals surface area contributed by atoms with E-state index in [4.69, 9.17) is 9.47 Å². The second-order valence-corrected chi connectivity index (χ2v) is 12.8. The van der Waals surface area contributed by atoms with E-state index >= 15 is 0 Å². The van der Waals surface area contributed by atoms with Gasteiger partial charge >= 0.3 is 5.97 Å². The van der Waals surface area contributed by atoms with E-state index in [1.165, 1.54) is 57.0 Å². The van der Waals surface area contributed by atoms with Crippen LogP contribution in [0.25, 0.3) is 16.8 Å². The summed E-state index contributed by atoms with van der Waals surface area (Å²) >= 11 is 0. The first-order valence-corrected chi connectivity index (χ1v) is 16.4. The summed E-state index contributed by atoms with van der Waals surface area (Å²) < 4.78 is 12.5. The number of hydrogen-bond donors (Lipinski definition) is 0. The van der Waals surface area contributed by atoms with Gasteiger partial charge in [-0.05, 0) is 98.5 Å². The van der Waals surface area contributed by atoms with Crippen molar-refractivity contribution >= 4 is 39.9 Å². The molecule has 7 rings (SSSR count). The van der Waals surface area contributed by atoms with Crippen LogP contribution in [0.15, 0.2) is 78.9 Å². The third-order valence-electron chi connectivity index (χ3n) is 9.82. The van der Waals surface area contributed by atoms with Crippen LogP contribution in [0.4, 0.5) is 17.1 Å². The highest BCUT2D eigenvalue weighted by atomic mass is 16.5. The molecule has 3 aliphatic rings. The molecule has 0 radical (unpaired) electrons. The van der Waals surface area contributed by atoms with Crippen molar-refractivity contribution in [1.29, 1.82) is 0 Å². The average molecular weight is 602 g/mol. The first-order valence-electron chi connectivity index (χ1n) is 16.4. The molecule has 0 aliphatic carbocycles. The van der Waals surface area contributed by atoms with Gasteiger partial charge < -0.3 is 24.2 Å². The molecule has 6 heteroatoms. The highest BCUT2D eigenvalue weighted by molar-refractivity contribution is 6.04. The zero-order valence-electron chi connectivity index (χ0n) is 26.7. The summed E-state index contributed by atoms with van der Waals surface area (Å²) in [6, 6.07) is 26.0. The molecular weight excluding hydrogens is 558 g/mol. The number of ether oxygens (including phenoxy) is 2. The topological polar surface area (TPSA) is 45.2 Å². The normalized spacial score (nSPS) is 17.5. The quantitative estimate of drug-likeness (QED) is 0.209. The third kappa shape index (κ3) is 5.41. The highest BCUT2D eigenvalue weighted by Crippen LogP contribution is 2.47. The number of carbonyl (C=O) groups excluding carboxylic acids is 1. The molecule has 0 N–H and O–H groups in total. The zero-order chi connectivity index (χ0) is 31.0. The van der Waals surface area contributed by atoms with Crippen molar-refractivity contribution in [3.63, 3.8) is 0 Å². The zero-order valence-corrected chi connectivity index (χ0v) is 26.7. The van der Waals surface area contributed by atoms with Gasteiger partial charge in [-0.25, -0.2) is 4.79 Å². The molecular formula is C39H43N3O3. The number of anilines is 3. The van der Waals surface area contributed by atoms with Gasteiger partial charge in [-0.15, -0.1) is 0 Å². The monoisotopic (exact) mass is 601 g/mol. The van der Waals surface area contributed by atoms with E-state index in [-0.39, 0.29) is 5.97 Å². The van der Waals surface area contributed by atoms with Crippen molar-refractivity contribution in [1.82, 2.24) is 0 Å². The fourth-order valence-corrected chi connectivity index (χ4v) is 7.22. The van der Waals surface area contributed by atoms with Gasteiger partial charge in [0.05, 0.1) is 12.7 Å². The minimum atomic E-state index is -0.885. The van der Waals surface area contributed by atoms with E-state index < -0.39 is 5.60 Å². The number of piperidine rings is 2. The summed E-state index contributed by atoms with van der Waals surface area (Å²) in [6.07, 6.45) is 11.7. The first-order chi connectivity index (χ1) is 22.0. The van der Waals surface area contributed by atoms with Gasteiger partial charge in [0.2, 0.25) is 0 Å². The fourth-order valence-electron chi connectivity index (χ4n) is 7.22. The summed E-state index contributed by atoms with van der Waals surface area (Å²) in [7, 11) is 5.50. The van der Waals surface area contributed by atoms with Crippen LogP contribution in [0.2, 0.25) is 0 Å². The van der Waals surface area contributed by atoms with Gasteiger partial charge in [0, 0.05) is 79.4 Å². The molecule has 2 fully saturated rings.